The molecule has 4 N–H and O–H groups in total. The fourth-order valence-electron chi connectivity index (χ4n) is 2.06. The molecule has 2 heterocycles. The lowest BCUT2D eigenvalue weighted by Gasteiger charge is -1.99. The van der Waals surface area contributed by atoms with Crippen LogP contribution in [0.1, 0.15) is 5.69 Å². The molecular formula is C13H12ClN7O2S. The molecule has 3 rings (SSSR count). The predicted octanol–water partition coefficient (Wildman–Crippen LogP) is 2.00. The second kappa shape index (κ2) is 7.06. The van der Waals surface area contributed by atoms with E-state index >= 15 is 0 Å². The number of rotatable bonds is 4. The highest BCUT2D eigenvalue weighted by Crippen LogP contribution is 2.28. The van der Waals surface area contributed by atoms with Crippen molar-refractivity contribution in [3.8, 4) is 11.3 Å². The number of guanidine groups is 1. The van der Waals surface area contributed by atoms with E-state index in [1.54, 1.807) is 12.1 Å². The first-order valence-electron chi connectivity index (χ1n) is 6.38. The number of thiazole rings is 1. The summed E-state index contributed by atoms with van der Waals surface area (Å²) >= 11 is 1.44. The molecule has 0 amide bonds. The maximum Gasteiger partial charge on any atom is 0.270 e. The largest absolute Gasteiger partial charge is 0.369 e. The second-order valence-electron chi connectivity index (χ2n) is 4.48. The van der Waals surface area contributed by atoms with Crippen molar-refractivity contribution in [2.75, 3.05) is 0 Å². The molecule has 3 aromatic rings. The Bertz CT molecular complexity index is 943. The van der Waals surface area contributed by atoms with Gasteiger partial charge in [-0.2, -0.15) is 5.10 Å². The number of fused-ring (bicyclic) bond motifs is 1. The Balaban J connectivity index is 0.00000208. The molecule has 0 saturated carbocycles. The van der Waals surface area contributed by atoms with E-state index in [4.69, 9.17) is 11.5 Å². The number of aromatic nitrogens is 2. The van der Waals surface area contributed by atoms with Crippen LogP contribution in [-0.4, -0.2) is 26.5 Å². The molecule has 0 bridgehead atoms. The van der Waals surface area contributed by atoms with Gasteiger partial charge in [-0.1, -0.05) is 12.1 Å². The molecule has 0 radical (unpaired) electrons. The second-order valence-corrected chi connectivity index (χ2v) is 5.35. The first-order valence-corrected chi connectivity index (χ1v) is 7.26. The summed E-state index contributed by atoms with van der Waals surface area (Å²) in [6, 6.07) is 6.24. The number of non-ortho nitro benzene ring substituents is 1. The molecule has 0 aliphatic carbocycles. The van der Waals surface area contributed by atoms with Gasteiger partial charge in [-0.15, -0.1) is 28.8 Å². The van der Waals surface area contributed by atoms with Crippen molar-refractivity contribution in [1.29, 1.82) is 0 Å². The average Bonchev–Trinajstić information content (AvgIpc) is 3.09. The third kappa shape index (κ3) is 3.34. The highest BCUT2D eigenvalue weighted by molar-refractivity contribution is 7.15. The summed E-state index contributed by atoms with van der Waals surface area (Å²) in [7, 11) is 0. The van der Waals surface area contributed by atoms with Crippen LogP contribution >= 0.6 is 23.7 Å². The Kier molecular flexibility index (Phi) is 5.11. The molecule has 0 unspecified atom stereocenters. The van der Waals surface area contributed by atoms with Crippen LogP contribution in [0.25, 0.3) is 16.2 Å². The smallest absolute Gasteiger partial charge is 0.270 e. The lowest BCUT2D eigenvalue weighted by atomic mass is 10.1. The Labute approximate surface area is 145 Å². The molecule has 0 atom stereocenters. The monoisotopic (exact) mass is 365 g/mol. The van der Waals surface area contributed by atoms with Gasteiger partial charge in [-0.3, -0.25) is 14.5 Å². The maximum atomic E-state index is 10.9. The maximum absolute atomic E-state index is 10.9. The minimum absolute atomic E-state index is 0. The van der Waals surface area contributed by atoms with E-state index in [-0.39, 0.29) is 24.1 Å². The Morgan fingerprint density at radius 1 is 1.42 bits per heavy atom. The van der Waals surface area contributed by atoms with Crippen LogP contribution in [0, 0.1) is 10.1 Å². The van der Waals surface area contributed by atoms with Crippen molar-refractivity contribution in [2.24, 2.45) is 21.7 Å². The zero-order chi connectivity index (χ0) is 16.4. The van der Waals surface area contributed by atoms with E-state index in [1.807, 2.05) is 16.0 Å². The number of hydrogen-bond donors (Lipinski definition) is 2. The number of nitro groups is 1. The Morgan fingerprint density at radius 3 is 2.92 bits per heavy atom. The molecule has 0 fully saturated rings. The van der Waals surface area contributed by atoms with Crippen molar-refractivity contribution in [3.63, 3.8) is 0 Å². The van der Waals surface area contributed by atoms with E-state index in [1.165, 1.54) is 29.7 Å². The van der Waals surface area contributed by atoms with Crippen LogP contribution in [0.2, 0.25) is 0 Å². The Hall–Kier alpha value is -2.98. The molecule has 9 nitrogen and oxygen atoms in total. The molecule has 2 aromatic heterocycles. The molecule has 124 valence electrons. The fraction of sp³-hybridized carbons (Fsp3) is 0. The number of hydrogen-bond acceptors (Lipinski definition) is 6. The van der Waals surface area contributed by atoms with Crippen molar-refractivity contribution < 1.29 is 4.92 Å². The highest BCUT2D eigenvalue weighted by Gasteiger charge is 2.16. The van der Waals surface area contributed by atoms with Crippen molar-refractivity contribution in [1.82, 2.24) is 9.38 Å². The molecule has 11 heteroatoms. The predicted molar refractivity (Wildman–Crippen MR) is 95.8 cm³/mol. The SMILES string of the molecule is Cl.NC(N)=NN=Cc1c(-c2cccc([N+](=O)[O-])c2)nc2sccn12. The number of halogens is 1. The normalized spacial score (nSPS) is 10.7. The summed E-state index contributed by atoms with van der Waals surface area (Å²) < 4.78 is 1.81. The van der Waals surface area contributed by atoms with Gasteiger partial charge in [0.2, 0.25) is 5.96 Å². The van der Waals surface area contributed by atoms with Gasteiger partial charge in [-0.05, 0) is 0 Å². The molecular weight excluding hydrogens is 354 g/mol. The summed E-state index contributed by atoms with van der Waals surface area (Å²) in [5.74, 6) is -0.163. The minimum atomic E-state index is -0.449. The lowest BCUT2D eigenvalue weighted by molar-refractivity contribution is -0.384. The molecule has 0 aliphatic heterocycles. The van der Waals surface area contributed by atoms with Crippen LogP contribution in [0.5, 0.6) is 0 Å². The first kappa shape index (κ1) is 17.4. The quantitative estimate of drug-likeness (QED) is 0.315. The number of imidazole rings is 1. The van der Waals surface area contributed by atoms with Crippen LogP contribution in [0.3, 0.4) is 0 Å². The summed E-state index contributed by atoms with van der Waals surface area (Å²) in [4.78, 5) is 15.7. The standard InChI is InChI=1S/C13H11N7O2S.ClH/c14-12(15)18-16-7-10-11(17-13-19(10)4-5-23-13)8-2-1-3-9(6-8)20(21)22;/h1-7H,(H4,14,15,18);1H. The zero-order valence-corrected chi connectivity index (χ0v) is 13.7. The summed E-state index contributed by atoms with van der Waals surface area (Å²) in [5.41, 5.74) is 12.3. The Morgan fingerprint density at radius 2 is 2.21 bits per heavy atom. The molecule has 1 aromatic carbocycles. The van der Waals surface area contributed by atoms with Crippen molar-refractivity contribution >= 4 is 46.6 Å². The van der Waals surface area contributed by atoms with E-state index in [9.17, 15) is 10.1 Å². The van der Waals surface area contributed by atoms with Gasteiger partial charge < -0.3 is 11.5 Å². The van der Waals surface area contributed by atoms with Gasteiger partial charge >= 0.3 is 0 Å². The average molecular weight is 366 g/mol. The summed E-state index contributed by atoms with van der Waals surface area (Å²) in [5, 5.41) is 20.2. The van der Waals surface area contributed by atoms with Gasteiger partial charge in [0.1, 0.15) is 0 Å². The third-order valence-corrected chi connectivity index (χ3v) is 3.74. The number of benzene rings is 1. The number of nitro benzene ring substituents is 1. The van der Waals surface area contributed by atoms with Crippen LogP contribution in [-0.2, 0) is 0 Å². The summed E-state index contributed by atoms with van der Waals surface area (Å²) in [6.07, 6.45) is 3.28. The van der Waals surface area contributed by atoms with Gasteiger partial charge in [0.05, 0.1) is 22.5 Å². The van der Waals surface area contributed by atoms with Crippen molar-refractivity contribution in [2.45, 2.75) is 0 Å². The van der Waals surface area contributed by atoms with Crippen LogP contribution in [0.15, 0.2) is 46.0 Å². The van der Waals surface area contributed by atoms with E-state index < -0.39 is 4.92 Å². The van der Waals surface area contributed by atoms with Gasteiger partial charge in [-0.25, -0.2) is 4.98 Å². The van der Waals surface area contributed by atoms with E-state index in [0.29, 0.717) is 17.0 Å². The molecule has 0 saturated heterocycles. The molecule has 0 spiro atoms. The zero-order valence-electron chi connectivity index (χ0n) is 12.1. The molecule has 0 aliphatic rings. The summed E-state index contributed by atoms with van der Waals surface area (Å²) in [6.45, 7) is 0. The topological polar surface area (TPSA) is 137 Å². The van der Waals surface area contributed by atoms with E-state index in [2.05, 4.69) is 15.2 Å². The minimum Gasteiger partial charge on any atom is -0.369 e. The van der Waals surface area contributed by atoms with Crippen molar-refractivity contribution in [3.05, 3.63) is 51.7 Å². The van der Waals surface area contributed by atoms with E-state index in [0.717, 1.165) is 4.96 Å². The highest BCUT2D eigenvalue weighted by atomic mass is 35.5. The lowest BCUT2D eigenvalue weighted by Crippen LogP contribution is -2.21. The van der Waals surface area contributed by atoms with Gasteiger partial charge in [0.25, 0.3) is 5.69 Å². The number of nitrogens with zero attached hydrogens (tertiary/aromatic N) is 5. The van der Waals surface area contributed by atoms with Crippen LogP contribution in [0.4, 0.5) is 5.69 Å². The van der Waals surface area contributed by atoms with Gasteiger partial charge in [0, 0.05) is 29.3 Å². The third-order valence-electron chi connectivity index (χ3n) is 2.98. The number of nitrogens with two attached hydrogens (primary N) is 2. The molecule has 24 heavy (non-hydrogen) atoms. The fourth-order valence-corrected chi connectivity index (χ4v) is 2.78. The van der Waals surface area contributed by atoms with Crippen LogP contribution < -0.4 is 11.5 Å². The first-order chi connectivity index (χ1) is 11.1. The van der Waals surface area contributed by atoms with Gasteiger partial charge in [0.15, 0.2) is 4.96 Å².